The van der Waals surface area contributed by atoms with Gasteiger partial charge >= 0.3 is 49.1 Å². The van der Waals surface area contributed by atoms with E-state index in [1.54, 1.807) is 0 Å². The Hall–Kier alpha value is -7.68. The molecule has 6 bridgehead atoms. The number of piperidine rings is 6. The SMILES string of the molecule is C[C@@H](OC[C@@]1(c2ccccc2)CC[C@@]2(N)CCCN1C2)c1cc(C(F)(F)F)cc(C(F)(F)F)c1.C[C@@H](OC[C@@]1(c2ccccc2)CC[C@@]2(NC(N)=O)CCCN1C2)c1cc(C(F)(F)F)cc(C(F)(F)F)c1.C[C@@H](OC[C@@]1(c2ccccc2)CC[C@@]2(NC(N)=O)CCCN1C2)c1cc(C(F)(F)F)cc(C(F)(F)F)c1. The Bertz CT molecular complexity index is 3800. The summed E-state index contributed by atoms with van der Waals surface area (Å²) in [6.07, 6.45) is -23.9. The van der Waals surface area contributed by atoms with Crippen LogP contribution in [0.15, 0.2) is 146 Å². The highest BCUT2D eigenvalue weighted by Crippen LogP contribution is 2.51. The molecule has 6 aromatic carbocycles. The number of alkyl halides is 18. The van der Waals surface area contributed by atoms with Gasteiger partial charge in [0.15, 0.2) is 0 Å². The number of ether oxygens (including phenoxy) is 3. The molecule has 6 fully saturated rings. The third-order valence-electron chi connectivity index (χ3n) is 22.3. The minimum Gasteiger partial charge on any atom is -0.372 e. The number of nitrogens with two attached hydrogens (primary N) is 3. The van der Waals surface area contributed by atoms with E-state index in [1.165, 1.54) is 20.8 Å². The van der Waals surface area contributed by atoms with Crippen molar-refractivity contribution in [2.45, 2.75) is 186 Å². The zero-order chi connectivity index (χ0) is 78.9. The van der Waals surface area contributed by atoms with Crippen LogP contribution in [0.3, 0.4) is 0 Å². The highest BCUT2D eigenvalue weighted by atomic mass is 19.4. The van der Waals surface area contributed by atoms with Crippen molar-refractivity contribution in [1.29, 1.82) is 0 Å². The zero-order valence-electron chi connectivity index (χ0n) is 59.4. The summed E-state index contributed by atoms with van der Waals surface area (Å²) in [5, 5.41) is 5.78. The lowest BCUT2D eigenvalue weighted by atomic mass is 9.70. The first-order valence-corrected chi connectivity index (χ1v) is 35.4. The lowest BCUT2D eigenvalue weighted by Gasteiger charge is -2.57. The minimum atomic E-state index is -4.94. The Morgan fingerprint density at radius 1 is 0.370 bits per heavy atom. The molecule has 4 amide bonds. The normalized spacial score (nSPS) is 27.4. The first-order chi connectivity index (χ1) is 50.3. The van der Waals surface area contributed by atoms with E-state index < -0.39 is 129 Å². The molecule has 13 nitrogen and oxygen atoms in total. The molecular formula is C77H86F18N8O5. The Morgan fingerprint density at radius 2 is 0.620 bits per heavy atom. The lowest BCUT2D eigenvalue weighted by Crippen LogP contribution is -2.68. The van der Waals surface area contributed by atoms with Gasteiger partial charge in [0.1, 0.15) is 0 Å². The number of carbonyl (C=O) groups excluding carboxylic acids is 2. The number of hydrogen-bond donors (Lipinski definition) is 5. The highest BCUT2D eigenvalue weighted by Gasteiger charge is 2.55. The van der Waals surface area contributed by atoms with Crippen molar-refractivity contribution in [3.05, 3.63) is 212 Å². The van der Waals surface area contributed by atoms with Gasteiger partial charge in [-0.05, 0) is 205 Å². The van der Waals surface area contributed by atoms with E-state index >= 15 is 0 Å². The third-order valence-corrected chi connectivity index (χ3v) is 22.3. The average molecular weight is 1550 g/mol. The summed E-state index contributed by atoms with van der Waals surface area (Å²) in [6.45, 7) is 8.46. The fraction of sp³-hybridized carbons (Fsp3) is 0.506. The summed E-state index contributed by atoms with van der Waals surface area (Å²) in [7, 11) is 0. The Balaban J connectivity index is 0.000000173. The predicted octanol–water partition coefficient (Wildman–Crippen LogP) is 18.3. The van der Waals surface area contributed by atoms with E-state index in [0.717, 1.165) is 80.3 Å². The molecule has 0 radical (unpaired) electrons. The summed E-state index contributed by atoms with van der Waals surface area (Å²) in [5.41, 5.74) is 8.38. The number of carbonyl (C=O) groups is 2. The second kappa shape index (κ2) is 31.6. The Labute approximate surface area is 613 Å². The Kier molecular flexibility index (Phi) is 24.2. The number of halogens is 18. The predicted molar refractivity (Wildman–Crippen MR) is 365 cm³/mol. The quantitative estimate of drug-likeness (QED) is 0.0557. The number of nitrogens with zero attached hydrogens (tertiary/aromatic N) is 3. The zero-order valence-corrected chi connectivity index (χ0v) is 59.4. The maximum Gasteiger partial charge on any atom is 0.416 e. The number of rotatable bonds is 17. The van der Waals surface area contributed by atoms with E-state index in [-0.39, 0.29) is 60.2 Å². The second-order valence-electron chi connectivity index (χ2n) is 29.5. The molecule has 6 aromatic rings. The monoisotopic (exact) mass is 1540 g/mol. The fourth-order valence-electron chi connectivity index (χ4n) is 16.5. The van der Waals surface area contributed by atoms with Crippen molar-refractivity contribution >= 4 is 12.1 Å². The topological polar surface area (TPSA) is 174 Å². The molecule has 12 rings (SSSR count). The molecule has 12 atom stereocenters. The van der Waals surface area contributed by atoms with Crippen molar-refractivity contribution in [2.75, 3.05) is 59.1 Å². The van der Waals surface area contributed by atoms with E-state index in [0.29, 0.717) is 89.1 Å². The van der Waals surface area contributed by atoms with Gasteiger partial charge in [-0.25, -0.2) is 9.59 Å². The van der Waals surface area contributed by atoms with Gasteiger partial charge < -0.3 is 42.0 Å². The molecule has 0 aliphatic carbocycles. The van der Waals surface area contributed by atoms with Crippen LogP contribution in [0.4, 0.5) is 88.6 Å². The number of hydrogen-bond acceptors (Lipinski definition) is 9. The summed E-state index contributed by atoms with van der Waals surface area (Å²) in [5.74, 6) is 0. The van der Waals surface area contributed by atoms with E-state index in [2.05, 4.69) is 25.3 Å². The van der Waals surface area contributed by atoms with E-state index in [9.17, 15) is 88.6 Å². The van der Waals surface area contributed by atoms with E-state index in [1.807, 2.05) is 91.0 Å². The van der Waals surface area contributed by atoms with Crippen LogP contribution in [0, 0.1) is 0 Å². The van der Waals surface area contributed by atoms with Crippen molar-refractivity contribution in [3.63, 3.8) is 0 Å². The van der Waals surface area contributed by atoms with Crippen LogP contribution in [0.25, 0.3) is 0 Å². The minimum absolute atomic E-state index is 0.0441. The van der Waals surface area contributed by atoms with Crippen LogP contribution in [0.1, 0.15) is 183 Å². The standard InChI is InChI=1S/2C26H29F6N3O2.C25H28F6N2O/c2*1-17(18-12-20(25(27,28)29)14-21(13-18)26(30,31)32)37-16-24(19-6-3-2-4-7-19)10-9-23(34-22(33)36)8-5-11-35(24)15-23;1-17(18-12-20(24(26,27)28)14-21(13-18)25(29,30)31)34-16-23(19-6-3-2-4-7-19)10-9-22(32)8-5-11-33(23)15-22/h2*2-4,6-7,12-14,17H,5,8-11,15-16H2,1H3,(H3,33,34,36);2-4,6-7,12-14,17H,5,8-11,15-16,32H2,1H3/t2*17-,23+,24-;17-,22+,23-/m111/s1. The molecule has 0 saturated carbocycles. The summed E-state index contributed by atoms with van der Waals surface area (Å²) >= 11 is 0. The van der Waals surface area contributed by atoms with Crippen LogP contribution in [-0.4, -0.2) is 102 Å². The molecule has 6 aliphatic heterocycles. The molecule has 6 heterocycles. The van der Waals surface area contributed by atoms with Crippen molar-refractivity contribution < 1.29 is 103 Å². The van der Waals surface area contributed by atoms with Gasteiger partial charge in [0, 0.05) is 25.2 Å². The smallest absolute Gasteiger partial charge is 0.372 e. The summed E-state index contributed by atoms with van der Waals surface area (Å²) in [4.78, 5) is 30.0. The molecule has 8 N–H and O–H groups in total. The summed E-state index contributed by atoms with van der Waals surface area (Å²) < 4.78 is 259. The van der Waals surface area contributed by atoms with E-state index in [4.69, 9.17) is 31.4 Å². The highest BCUT2D eigenvalue weighted by molar-refractivity contribution is 5.73. The Morgan fingerprint density at radius 3 is 0.880 bits per heavy atom. The number of fused-ring (bicyclic) bond motifs is 6. The van der Waals surface area contributed by atoms with Gasteiger partial charge in [-0.15, -0.1) is 0 Å². The molecule has 0 spiro atoms. The number of primary amides is 2. The van der Waals surface area contributed by atoms with Gasteiger partial charge in [0.25, 0.3) is 0 Å². The number of amides is 4. The van der Waals surface area contributed by atoms with Crippen LogP contribution >= 0.6 is 0 Å². The lowest BCUT2D eigenvalue weighted by molar-refractivity contribution is -0.145. The maximum atomic E-state index is 13.4. The first-order valence-electron chi connectivity index (χ1n) is 35.4. The van der Waals surface area contributed by atoms with Gasteiger partial charge in [0.05, 0.1) is 99.2 Å². The van der Waals surface area contributed by atoms with Crippen LogP contribution in [-0.2, 0) is 67.9 Å². The van der Waals surface area contributed by atoms with Crippen molar-refractivity contribution in [2.24, 2.45) is 17.2 Å². The van der Waals surface area contributed by atoms with Crippen LogP contribution in [0.2, 0.25) is 0 Å². The van der Waals surface area contributed by atoms with Gasteiger partial charge in [-0.2, -0.15) is 79.0 Å². The number of benzene rings is 6. The molecule has 31 heteroatoms. The number of nitrogens with one attached hydrogen (secondary N) is 2. The molecule has 108 heavy (non-hydrogen) atoms. The third kappa shape index (κ3) is 19.0. The largest absolute Gasteiger partial charge is 0.416 e. The molecule has 3 unspecified atom stereocenters. The summed E-state index contributed by atoms with van der Waals surface area (Å²) in [6, 6.07) is 32.1. The average Bonchev–Trinajstić information content (AvgIpc) is 0.749. The molecular weight excluding hydrogens is 1460 g/mol. The fourth-order valence-corrected chi connectivity index (χ4v) is 16.5. The van der Waals surface area contributed by atoms with Gasteiger partial charge in [-0.1, -0.05) is 91.0 Å². The molecule has 0 aromatic heterocycles. The second-order valence-corrected chi connectivity index (χ2v) is 29.5. The molecule has 590 valence electrons. The van der Waals surface area contributed by atoms with Gasteiger partial charge in [-0.3, -0.25) is 14.7 Å². The van der Waals surface area contributed by atoms with Crippen molar-refractivity contribution in [3.8, 4) is 0 Å². The maximum absolute atomic E-state index is 13.4. The van der Waals surface area contributed by atoms with Gasteiger partial charge in [0.2, 0.25) is 0 Å². The van der Waals surface area contributed by atoms with Crippen LogP contribution < -0.4 is 27.8 Å². The molecule has 6 aliphatic rings. The van der Waals surface area contributed by atoms with Crippen molar-refractivity contribution in [1.82, 2.24) is 25.3 Å². The molecule has 6 saturated heterocycles. The van der Waals surface area contributed by atoms with Crippen LogP contribution in [0.5, 0.6) is 0 Å². The number of urea groups is 2. The first kappa shape index (κ1) is 82.8.